The smallest absolute Gasteiger partial charge is 0.258 e. The highest BCUT2D eigenvalue weighted by Gasteiger charge is 2.36. The number of piperidine rings is 1. The molecule has 38 heavy (non-hydrogen) atoms. The summed E-state index contributed by atoms with van der Waals surface area (Å²) >= 11 is 6.35. The first-order valence-electron chi connectivity index (χ1n) is 13.5. The van der Waals surface area contributed by atoms with E-state index in [1.165, 1.54) is 0 Å². The third kappa shape index (κ3) is 5.81. The minimum absolute atomic E-state index is 0.0687. The van der Waals surface area contributed by atoms with Gasteiger partial charge in [-0.25, -0.2) is 4.98 Å². The molecule has 4 N–H and O–H groups in total. The van der Waals surface area contributed by atoms with Crippen LogP contribution in [-0.2, 0) is 12.8 Å². The fourth-order valence-corrected chi connectivity index (χ4v) is 5.74. The summed E-state index contributed by atoms with van der Waals surface area (Å²) in [5, 5.41) is 4.22. The first-order valence-corrected chi connectivity index (χ1v) is 13.9. The number of nitrogens with zero attached hydrogens (tertiary/aromatic N) is 2. The fraction of sp³-hybridized carbons (Fsp3) is 0.483. The predicted octanol–water partition coefficient (Wildman–Crippen LogP) is 4.48. The second-order valence-corrected chi connectivity index (χ2v) is 11.5. The van der Waals surface area contributed by atoms with Gasteiger partial charge in [0.1, 0.15) is 17.2 Å². The Kier molecular flexibility index (Phi) is 7.63. The number of hydrogen-bond donors (Lipinski definition) is 3. The second kappa shape index (κ2) is 10.9. The van der Waals surface area contributed by atoms with E-state index in [-0.39, 0.29) is 17.5 Å². The lowest BCUT2D eigenvalue weighted by Gasteiger charge is -2.32. The Morgan fingerprint density at radius 2 is 2.00 bits per heavy atom. The van der Waals surface area contributed by atoms with Crippen molar-refractivity contribution in [3.63, 3.8) is 0 Å². The number of ether oxygens (including phenoxy) is 1. The number of nitrogens with two attached hydrogens (primary N) is 1. The number of hydrogen-bond acceptors (Lipinski definition) is 6. The van der Waals surface area contributed by atoms with Crippen molar-refractivity contribution in [1.29, 1.82) is 0 Å². The Hall–Kier alpha value is -3.10. The molecular weight excluding hydrogens is 502 g/mol. The SMILES string of the molecule is CC1(C)Cc2c(N)c(Cl)cc(C(=O)NC3CCN(CCCCCc4nc5ccccc5c(=O)[nH]4)CC3)c2O1. The Bertz CT molecular complexity index is 1390. The van der Waals surface area contributed by atoms with E-state index < -0.39 is 5.60 Å². The molecule has 1 amide bonds. The van der Waals surface area contributed by atoms with E-state index in [0.29, 0.717) is 33.8 Å². The van der Waals surface area contributed by atoms with Crippen molar-refractivity contribution >= 4 is 34.1 Å². The van der Waals surface area contributed by atoms with Crippen LogP contribution in [0.2, 0.25) is 5.02 Å². The number of carbonyl (C=O) groups excluding carboxylic acids is 1. The van der Waals surface area contributed by atoms with Gasteiger partial charge in [-0.15, -0.1) is 0 Å². The summed E-state index contributed by atoms with van der Waals surface area (Å²) in [6, 6.07) is 9.19. The van der Waals surface area contributed by atoms with Crippen LogP contribution in [0.1, 0.15) is 67.7 Å². The lowest BCUT2D eigenvalue weighted by Crippen LogP contribution is -2.45. The second-order valence-electron chi connectivity index (χ2n) is 11.1. The molecule has 0 bridgehead atoms. The number of aromatic nitrogens is 2. The highest BCUT2D eigenvalue weighted by molar-refractivity contribution is 6.33. The number of halogens is 1. The largest absolute Gasteiger partial charge is 0.486 e. The van der Waals surface area contributed by atoms with E-state index in [4.69, 9.17) is 22.1 Å². The number of carbonyl (C=O) groups is 1. The maximum absolute atomic E-state index is 13.2. The number of anilines is 1. The molecule has 0 spiro atoms. The van der Waals surface area contributed by atoms with E-state index >= 15 is 0 Å². The van der Waals surface area contributed by atoms with Crippen molar-refractivity contribution in [1.82, 2.24) is 20.2 Å². The Morgan fingerprint density at radius 1 is 1.24 bits per heavy atom. The lowest BCUT2D eigenvalue weighted by atomic mass is 9.98. The van der Waals surface area contributed by atoms with Gasteiger partial charge in [-0.1, -0.05) is 30.2 Å². The summed E-state index contributed by atoms with van der Waals surface area (Å²) in [4.78, 5) is 35.3. The maximum atomic E-state index is 13.2. The summed E-state index contributed by atoms with van der Waals surface area (Å²) in [5.41, 5.74) is 8.23. The molecule has 0 aliphatic carbocycles. The van der Waals surface area contributed by atoms with Crippen molar-refractivity contribution in [2.24, 2.45) is 0 Å². The summed E-state index contributed by atoms with van der Waals surface area (Å²) in [6.45, 7) is 6.91. The number of benzene rings is 2. The highest BCUT2D eigenvalue weighted by atomic mass is 35.5. The number of nitrogens with one attached hydrogen (secondary N) is 2. The number of para-hydroxylation sites is 1. The number of aryl methyl sites for hydroxylation is 1. The molecule has 0 atom stereocenters. The number of unbranched alkanes of at least 4 members (excludes halogenated alkanes) is 2. The average molecular weight is 538 g/mol. The van der Waals surface area contributed by atoms with Crippen molar-refractivity contribution < 1.29 is 9.53 Å². The molecule has 5 rings (SSSR count). The Morgan fingerprint density at radius 3 is 2.79 bits per heavy atom. The molecule has 0 saturated carbocycles. The maximum Gasteiger partial charge on any atom is 0.258 e. The fourth-order valence-electron chi connectivity index (χ4n) is 5.52. The topological polar surface area (TPSA) is 113 Å². The number of likely N-dealkylation sites (tertiary alicyclic amines) is 1. The van der Waals surface area contributed by atoms with Gasteiger partial charge in [-0.05, 0) is 64.3 Å². The van der Waals surface area contributed by atoms with E-state index in [1.54, 1.807) is 12.1 Å². The van der Waals surface area contributed by atoms with Gasteiger partial charge in [0.15, 0.2) is 0 Å². The van der Waals surface area contributed by atoms with Crippen molar-refractivity contribution in [2.75, 3.05) is 25.4 Å². The van der Waals surface area contributed by atoms with Gasteiger partial charge in [0.05, 0.1) is 27.2 Å². The Labute approximate surface area is 227 Å². The van der Waals surface area contributed by atoms with Crippen LogP contribution in [0, 0.1) is 0 Å². The molecule has 0 unspecified atom stereocenters. The minimum Gasteiger partial charge on any atom is -0.486 e. The number of aromatic amines is 1. The summed E-state index contributed by atoms with van der Waals surface area (Å²) in [7, 11) is 0. The zero-order chi connectivity index (χ0) is 26.9. The molecule has 1 fully saturated rings. The molecule has 0 radical (unpaired) electrons. The van der Waals surface area contributed by atoms with Crippen molar-refractivity contribution in [2.45, 2.75) is 70.4 Å². The summed E-state index contributed by atoms with van der Waals surface area (Å²) < 4.78 is 6.08. The van der Waals surface area contributed by atoms with Gasteiger partial charge in [0, 0.05) is 37.5 Å². The van der Waals surface area contributed by atoms with Crippen LogP contribution in [0.5, 0.6) is 5.75 Å². The molecule has 8 nitrogen and oxygen atoms in total. The van der Waals surface area contributed by atoms with Gasteiger partial charge in [0.2, 0.25) is 0 Å². The molecule has 9 heteroatoms. The number of fused-ring (bicyclic) bond motifs is 2. The third-order valence-electron chi connectivity index (χ3n) is 7.57. The van der Waals surface area contributed by atoms with E-state index in [9.17, 15) is 9.59 Å². The van der Waals surface area contributed by atoms with Gasteiger partial charge < -0.3 is 25.7 Å². The number of H-pyrrole nitrogens is 1. The van der Waals surface area contributed by atoms with Crippen LogP contribution in [0.3, 0.4) is 0 Å². The minimum atomic E-state index is -0.412. The summed E-state index contributed by atoms with van der Waals surface area (Å²) in [5.74, 6) is 1.17. The van der Waals surface area contributed by atoms with Crippen LogP contribution in [0.15, 0.2) is 35.1 Å². The van der Waals surface area contributed by atoms with Gasteiger partial charge in [-0.2, -0.15) is 0 Å². The molecule has 1 saturated heterocycles. The third-order valence-corrected chi connectivity index (χ3v) is 7.88. The van der Waals surface area contributed by atoms with Crippen LogP contribution in [-0.4, -0.2) is 52.1 Å². The van der Waals surface area contributed by atoms with E-state index in [2.05, 4.69) is 20.2 Å². The molecule has 3 heterocycles. The van der Waals surface area contributed by atoms with Gasteiger partial charge in [0.25, 0.3) is 11.5 Å². The number of nitrogen functional groups attached to an aromatic ring is 1. The van der Waals surface area contributed by atoms with Crippen LogP contribution in [0.4, 0.5) is 5.69 Å². The summed E-state index contributed by atoms with van der Waals surface area (Å²) in [6.07, 6.45) is 6.38. The number of amides is 1. The normalized spacial score (nSPS) is 17.3. The van der Waals surface area contributed by atoms with Crippen molar-refractivity contribution in [3.05, 3.63) is 62.7 Å². The molecule has 3 aromatic rings. The van der Waals surface area contributed by atoms with Crippen LogP contribution >= 0.6 is 11.6 Å². The van der Waals surface area contributed by atoms with E-state index in [1.807, 2.05) is 32.0 Å². The molecular formula is C29H36ClN5O3. The lowest BCUT2D eigenvalue weighted by molar-refractivity contribution is 0.0897. The molecule has 2 aliphatic heterocycles. The number of rotatable bonds is 8. The van der Waals surface area contributed by atoms with E-state index in [0.717, 1.165) is 75.1 Å². The first-order chi connectivity index (χ1) is 18.2. The molecule has 202 valence electrons. The Balaban J connectivity index is 1.05. The highest BCUT2D eigenvalue weighted by Crippen LogP contribution is 2.44. The zero-order valence-electron chi connectivity index (χ0n) is 22.1. The van der Waals surface area contributed by atoms with Crippen LogP contribution in [0.25, 0.3) is 10.9 Å². The van der Waals surface area contributed by atoms with Crippen LogP contribution < -0.4 is 21.3 Å². The van der Waals surface area contributed by atoms with Gasteiger partial charge in [-0.3, -0.25) is 9.59 Å². The monoisotopic (exact) mass is 537 g/mol. The van der Waals surface area contributed by atoms with Crippen molar-refractivity contribution in [3.8, 4) is 5.75 Å². The first kappa shape index (κ1) is 26.5. The van der Waals surface area contributed by atoms with Gasteiger partial charge >= 0.3 is 0 Å². The molecule has 1 aromatic heterocycles. The average Bonchev–Trinajstić information content (AvgIpc) is 3.22. The predicted molar refractivity (Wildman–Crippen MR) is 151 cm³/mol. The zero-order valence-corrected chi connectivity index (χ0v) is 22.9. The molecule has 2 aliphatic rings. The standard InChI is InChI=1S/C29H36ClN5O3/c1-29(2)17-21-25(31)22(30)16-20(26(21)38-29)28(37)32-18-11-14-35(15-12-18)13-7-3-4-10-24-33-23-9-6-5-8-19(23)27(36)34-24/h5-6,8-9,16,18H,3-4,7,10-15,17,31H2,1-2H3,(H,32,37)(H,33,34,36). The molecule has 2 aromatic carbocycles. The quantitative estimate of drug-likeness (QED) is 0.288.